The highest BCUT2D eigenvalue weighted by Crippen LogP contribution is 2.47. The molecule has 0 saturated heterocycles. The van der Waals surface area contributed by atoms with Crippen molar-refractivity contribution in [1.29, 1.82) is 0 Å². The van der Waals surface area contributed by atoms with Gasteiger partial charge in [0.05, 0.1) is 11.0 Å². The molecule has 4 aliphatic heterocycles. The van der Waals surface area contributed by atoms with E-state index in [0.717, 1.165) is 0 Å². The maximum Gasteiger partial charge on any atom is 0.252 e. The largest absolute Gasteiger partial charge is 0.311 e. The second-order valence-corrected chi connectivity index (χ2v) is 22.0. The molecule has 0 atom stereocenters. The standard InChI is InChI=1S/C70H48B2N4/c1-41-21-27-49(28-22-41)73-59-31-25-43(3)33-55(59)71-57-37-47(45-13-7-5-8-14-45)35-53-51-39-52-54-36-48(46-15-9-6-10-16-46)38-58-70(54)76(66(52)40-65(51)75(69(53)57)63-19-11-17-61(73)67(63)71)64-20-12-18-62-68(64)72(58)56-34-44(4)26-32-60(56)74(62)50-29-23-42(2)24-30-50/h5-40H,1-4H3. The Balaban J connectivity index is 1.02. The summed E-state index contributed by atoms with van der Waals surface area (Å²) in [4.78, 5) is 5.03. The molecule has 354 valence electrons. The summed E-state index contributed by atoms with van der Waals surface area (Å²) in [5.74, 6) is 0. The smallest absolute Gasteiger partial charge is 0.252 e. The highest BCUT2D eigenvalue weighted by Gasteiger charge is 2.45. The lowest BCUT2D eigenvalue weighted by molar-refractivity contribution is 1.16. The predicted molar refractivity (Wildman–Crippen MR) is 324 cm³/mol. The summed E-state index contributed by atoms with van der Waals surface area (Å²) in [6.45, 7) is 8.88. The van der Waals surface area contributed by atoms with Crippen molar-refractivity contribution < 1.29 is 0 Å². The van der Waals surface area contributed by atoms with E-state index in [9.17, 15) is 0 Å². The van der Waals surface area contributed by atoms with E-state index in [1.54, 1.807) is 0 Å². The molecule has 2 aromatic heterocycles. The molecule has 0 aliphatic carbocycles. The van der Waals surface area contributed by atoms with E-state index in [-0.39, 0.29) is 13.4 Å². The Morgan fingerprint density at radius 3 is 1.12 bits per heavy atom. The average Bonchev–Trinajstić information content (AvgIpc) is 4.07. The first kappa shape index (κ1) is 42.1. The van der Waals surface area contributed by atoms with Crippen molar-refractivity contribution in [2.24, 2.45) is 0 Å². The van der Waals surface area contributed by atoms with Crippen LogP contribution in [-0.2, 0) is 0 Å². The topological polar surface area (TPSA) is 16.3 Å². The van der Waals surface area contributed by atoms with Crippen molar-refractivity contribution in [2.45, 2.75) is 27.7 Å². The third-order valence-electron chi connectivity index (χ3n) is 17.5. The normalized spacial score (nSPS) is 13.4. The van der Waals surface area contributed by atoms with Gasteiger partial charge in [0.2, 0.25) is 0 Å². The van der Waals surface area contributed by atoms with Crippen LogP contribution in [0.4, 0.5) is 34.1 Å². The zero-order valence-corrected chi connectivity index (χ0v) is 42.7. The van der Waals surface area contributed by atoms with Crippen molar-refractivity contribution in [3.63, 3.8) is 0 Å². The molecule has 0 amide bonds. The molecule has 4 nitrogen and oxygen atoms in total. The number of aryl methyl sites for hydroxylation is 4. The van der Waals surface area contributed by atoms with Gasteiger partial charge in [-0.05, 0) is 168 Å². The Kier molecular flexibility index (Phi) is 8.42. The van der Waals surface area contributed by atoms with Gasteiger partial charge in [0, 0.05) is 78.1 Å². The summed E-state index contributed by atoms with van der Waals surface area (Å²) in [7, 11) is 0. The highest BCUT2D eigenvalue weighted by molar-refractivity contribution is 7.01. The van der Waals surface area contributed by atoms with Crippen LogP contribution in [-0.4, -0.2) is 22.6 Å². The Hall–Kier alpha value is -9.25. The molecule has 0 unspecified atom stereocenters. The number of fused-ring (bicyclic) bond motifs is 14. The van der Waals surface area contributed by atoms with Crippen LogP contribution >= 0.6 is 0 Å². The van der Waals surface area contributed by atoms with E-state index in [4.69, 9.17) is 0 Å². The minimum Gasteiger partial charge on any atom is -0.311 e. The fraction of sp³-hybridized carbons (Fsp3) is 0.0571. The number of hydrogen-bond acceptors (Lipinski definition) is 2. The summed E-state index contributed by atoms with van der Waals surface area (Å²) in [6.07, 6.45) is 0. The molecule has 0 spiro atoms. The first-order valence-electron chi connectivity index (χ1n) is 26.8. The van der Waals surface area contributed by atoms with E-state index >= 15 is 0 Å². The molecular weight excluding hydrogens is 918 g/mol. The van der Waals surface area contributed by atoms with Gasteiger partial charge in [-0.3, -0.25) is 0 Å². The summed E-state index contributed by atoms with van der Waals surface area (Å²) < 4.78 is 5.28. The van der Waals surface area contributed by atoms with Crippen LogP contribution in [0.2, 0.25) is 0 Å². The van der Waals surface area contributed by atoms with Crippen LogP contribution in [0.5, 0.6) is 0 Å². The molecule has 4 aliphatic rings. The van der Waals surface area contributed by atoms with E-state index < -0.39 is 0 Å². The summed E-state index contributed by atoms with van der Waals surface area (Å²) in [5, 5.41) is 5.10. The molecule has 0 saturated carbocycles. The van der Waals surface area contributed by atoms with E-state index in [0.29, 0.717) is 0 Å². The summed E-state index contributed by atoms with van der Waals surface area (Å²) >= 11 is 0. The number of hydrogen-bond donors (Lipinski definition) is 0. The lowest BCUT2D eigenvalue weighted by Crippen LogP contribution is -2.60. The van der Waals surface area contributed by atoms with Gasteiger partial charge in [-0.25, -0.2) is 0 Å². The lowest BCUT2D eigenvalue weighted by atomic mass is 9.33. The number of nitrogens with zero attached hydrogens (tertiary/aromatic N) is 4. The third kappa shape index (κ3) is 5.60. The minimum absolute atomic E-state index is 0.0205. The summed E-state index contributed by atoms with van der Waals surface area (Å²) in [5.41, 5.74) is 32.8. The summed E-state index contributed by atoms with van der Waals surface area (Å²) in [6, 6.07) is 83.6. The van der Waals surface area contributed by atoms with Gasteiger partial charge in [-0.1, -0.05) is 156 Å². The molecular formula is C70H48B2N4. The second kappa shape index (κ2) is 15.2. The quantitative estimate of drug-likeness (QED) is 0.163. The van der Waals surface area contributed by atoms with E-state index in [2.05, 4.69) is 265 Å². The maximum absolute atomic E-state index is 2.64. The average molecular weight is 967 g/mol. The molecule has 0 radical (unpaired) electrons. The van der Waals surface area contributed by atoms with Crippen LogP contribution in [0, 0.1) is 27.7 Å². The Morgan fingerprint density at radius 1 is 0.276 bits per heavy atom. The third-order valence-corrected chi connectivity index (χ3v) is 17.5. The molecule has 0 N–H and O–H groups in total. The van der Waals surface area contributed by atoms with Crippen molar-refractivity contribution in [3.05, 3.63) is 241 Å². The van der Waals surface area contributed by atoms with Crippen LogP contribution in [0.3, 0.4) is 0 Å². The van der Waals surface area contributed by atoms with Gasteiger partial charge in [-0.2, -0.15) is 0 Å². The number of benzene rings is 11. The van der Waals surface area contributed by atoms with Crippen molar-refractivity contribution >= 4 is 124 Å². The van der Waals surface area contributed by atoms with Crippen molar-refractivity contribution in [1.82, 2.24) is 9.13 Å². The minimum atomic E-state index is 0.0205. The molecule has 6 heteroatoms. The van der Waals surface area contributed by atoms with Gasteiger partial charge in [0.25, 0.3) is 13.4 Å². The predicted octanol–water partition coefficient (Wildman–Crippen LogP) is 13.7. The van der Waals surface area contributed by atoms with Gasteiger partial charge >= 0.3 is 0 Å². The molecule has 17 rings (SSSR count). The maximum atomic E-state index is 2.64. The fourth-order valence-electron chi connectivity index (χ4n) is 14.2. The van der Waals surface area contributed by atoms with Crippen LogP contribution in [0.1, 0.15) is 22.3 Å². The number of anilines is 6. The van der Waals surface area contributed by atoms with Gasteiger partial charge in [0.15, 0.2) is 0 Å². The van der Waals surface area contributed by atoms with Crippen LogP contribution in [0.25, 0.3) is 77.2 Å². The Bertz CT molecular complexity index is 4390. The van der Waals surface area contributed by atoms with Gasteiger partial charge in [0.1, 0.15) is 0 Å². The lowest BCUT2D eigenvalue weighted by Gasteiger charge is -2.40. The number of rotatable bonds is 4. The molecule has 0 fully saturated rings. The van der Waals surface area contributed by atoms with E-state index in [1.807, 2.05) is 0 Å². The molecule has 0 bridgehead atoms. The van der Waals surface area contributed by atoms with E-state index in [1.165, 1.54) is 166 Å². The first-order chi connectivity index (χ1) is 37.3. The zero-order valence-electron chi connectivity index (χ0n) is 42.7. The molecule has 6 heterocycles. The highest BCUT2D eigenvalue weighted by atomic mass is 15.2. The molecule has 13 aromatic rings. The van der Waals surface area contributed by atoms with Gasteiger partial charge in [-0.15, -0.1) is 0 Å². The second-order valence-electron chi connectivity index (χ2n) is 22.0. The van der Waals surface area contributed by atoms with Crippen LogP contribution in [0.15, 0.2) is 218 Å². The molecule has 11 aromatic carbocycles. The molecule has 76 heavy (non-hydrogen) atoms. The van der Waals surface area contributed by atoms with Crippen molar-refractivity contribution in [3.8, 4) is 33.6 Å². The van der Waals surface area contributed by atoms with Crippen LogP contribution < -0.4 is 42.6 Å². The van der Waals surface area contributed by atoms with Gasteiger partial charge < -0.3 is 18.9 Å². The fourth-order valence-corrected chi connectivity index (χ4v) is 14.2. The Labute approximate surface area is 442 Å². The Morgan fingerprint density at radius 2 is 0.684 bits per heavy atom. The SMILES string of the molecule is Cc1ccc(N2c3ccc(C)cc3B3c4c2cccc4-n2c4cc5c(cc4c4cc(-c6ccccc6)cc3c42)c2cc(-c3ccccc3)cc3c2n5-c2cccc4c2B3c2cc(C)ccc2N4c2ccc(C)cc2)cc1. The first-order valence-corrected chi connectivity index (χ1v) is 26.8. The monoisotopic (exact) mass is 966 g/mol. The van der Waals surface area contributed by atoms with Crippen molar-refractivity contribution in [2.75, 3.05) is 9.80 Å². The number of aromatic nitrogens is 2. The zero-order chi connectivity index (χ0) is 50.2.